The van der Waals surface area contributed by atoms with Gasteiger partial charge in [0.25, 0.3) is 0 Å². The first-order chi connectivity index (χ1) is 19.4. The largest absolute Gasteiger partial charge is 0.504 e. The van der Waals surface area contributed by atoms with Crippen molar-refractivity contribution in [2.24, 2.45) is 0 Å². The van der Waals surface area contributed by atoms with E-state index in [1.54, 1.807) is 0 Å². The Morgan fingerprint density at radius 3 is 2.54 bits per heavy atom. The van der Waals surface area contributed by atoms with E-state index in [0.29, 0.717) is 11.5 Å². The molecule has 0 saturated carbocycles. The van der Waals surface area contributed by atoms with Crippen molar-refractivity contribution in [1.82, 2.24) is 19.4 Å². The Labute approximate surface area is 255 Å². The van der Waals surface area contributed by atoms with E-state index in [9.17, 15) is 0 Å². The van der Waals surface area contributed by atoms with Gasteiger partial charge < -0.3 is 19.1 Å². The minimum absolute atomic E-state index is 0. The molecule has 1 atom stereocenters. The van der Waals surface area contributed by atoms with E-state index in [4.69, 9.17) is 9.72 Å². The second-order valence-electron chi connectivity index (χ2n) is 11.2. The third-order valence-electron chi connectivity index (χ3n) is 7.55. The van der Waals surface area contributed by atoms with Gasteiger partial charge in [-0.05, 0) is 47.7 Å². The number of rotatable bonds is 4. The van der Waals surface area contributed by atoms with E-state index < -0.39 is 0 Å². The van der Waals surface area contributed by atoms with E-state index in [0.717, 1.165) is 38.9 Å². The minimum atomic E-state index is 0. The normalized spacial score (nSPS) is 16.2. The van der Waals surface area contributed by atoms with E-state index >= 15 is 0 Å². The van der Waals surface area contributed by atoms with Crippen molar-refractivity contribution in [1.29, 1.82) is 0 Å². The van der Waals surface area contributed by atoms with Gasteiger partial charge in [-0.3, -0.25) is 0 Å². The summed E-state index contributed by atoms with van der Waals surface area (Å²) < 4.78 is 8.54. The maximum atomic E-state index is 6.36. The molecule has 2 aliphatic heterocycles. The average Bonchev–Trinajstić information content (AvgIpc) is 3.47. The van der Waals surface area contributed by atoms with Crippen LogP contribution in [-0.2, 0) is 26.5 Å². The van der Waals surface area contributed by atoms with Crippen molar-refractivity contribution in [3.8, 4) is 17.3 Å². The number of hydrogen-bond donors (Lipinski definition) is 0. The van der Waals surface area contributed by atoms with Gasteiger partial charge in [0.2, 0.25) is 0 Å². The molecule has 0 radical (unpaired) electrons. The van der Waals surface area contributed by atoms with Crippen LogP contribution in [0.25, 0.3) is 33.3 Å². The quantitative estimate of drug-likeness (QED) is 0.179. The molecule has 3 aromatic carbocycles. The van der Waals surface area contributed by atoms with Crippen LogP contribution in [0.15, 0.2) is 97.4 Å². The first-order valence-electron chi connectivity index (χ1n) is 13.5. The Morgan fingerprint density at radius 1 is 0.878 bits per heavy atom. The molecule has 0 N–H and O–H groups in total. The Kier molecular flexibility index (Phi) is 6.87. The maximum absolute atomic E-state index is 6.36. The van der Waals surface area contributed by atoms with Crippen LogP contribution in [0.1, 0.15) is 31.9 Å². The standard InChI is InChI=1S/C35H29N4O.Pt/c1-35(2,3)25-17-18-36-33(21-25)39-30-13-6-5-12-28(30)29-16-15-27(22-31(29)39)40-26-11-9-10-24(20-26)32-23-38-19-8-7-14-34(38)37(32)4;/h5-19,21,34H,1-4H3;/q-3;. The van der Waals surface area contributed by atoms with Crippen molar-refractivity contribution in [2.45, 2.75) is 32.4 Å². The summed E-state index contributed by atoms with van der Waals surface area (Å²) in [5.41, 5.74) is 5.15. The van der Waals surface area contributed by atoms with Crippen LogP contribution in [0.5, 0.6) is 11.5 Å². The van der Waals surface area contributed by atoms with Crippen molar-refractivity contribution < 1.29 is 25.8 Å². The summed E-state index contributed by atoms with van der Waals surface area (Å²) in [7, 11) is 2.07. The van der Waals surface area contributed by atoms with Crippen LogP contribution in [-0.4, -0.2) is 32.6 Å². The Morgan fingerprint density at radius 2 is 1.71 bits per heavy atom. The van der Waals surface area contributed by atoms with Gasteiger partial charge in [-0.2, -0.15) is 24.3 Å². The number of hydrogen-bond acceptors (Lipinski definition) is 4. The number of pyridine rings is 1. The molecule has 2 aliphatic rings. The summed E-state index contributed by atoms with van der Waals surface area (Å²) in [5, 5.41) is 2.26. The summed E-state index contributed by atoms with van der Waals surface area (Å²) in [6.45, 7) is 6.66. The zero-order valence-electron chi connectivity index (χ0n) is 23.3. The number of aromatic nitrogens is 2. The van der Waals surface area contributed by atoms with Crippen molar-refractivity contribution in [3.05, 3.63) is 127 Å². The fourth-order valence-corrected chi connectivity index (χ4v) is 5.43. The summed E-state index contributed by atoms with van der Waals surface area (Å²) in [6.07, 6.45) is 13.7. The van der Waals surface area contributed by atoms with E-state index in [1.165, 1.54) is 5.56 Å². The van der Waals surface area contributed by atoms with Gasteiger partial charge in [0.15, 0.2) is 0 Å². The minimum Gasteiger partial charge on any atom is -0.504 e. The predicted molar refractivity (Wildman–Crippen MR) is 160 cm³/mol. The second kappa shape index (κ2) is 10.4. The molecule has 6 heteroatoms. The fraction of sp³-hybridized carbons (Fsp3) is 0.171. The monoisotopic (exact) mass is 716 g/mol. The van der Waals surface area contributed by atoms with Crippen LogP contribution >= 0.6 is 0 Å². The predicted octanol–water partition coefficient (Wildman–Crippen LogP) is 7.62. The molecule has 5 nitrogen and oxygen atoms in total. The van der Waals surface area contributed by atoms with E-state index in [1.807, 2.05) is 42.7 Å². The molecule has 0 spiro atoms. The smallest absolute Gasteiger partial charge is 0.135 e. The number of likely N-dealkylation sites (N-methyl/N-ethyl adjacent to an activating group) is 1. The summed E-state index contributed by atoms with van der Waals surface area (Å²) in [6, 6.07) is 29.7. The molecule has 208 valence electrons. The molecular weight excluding hydrogens is 687 g/mol. The van der Waals surface area contributed by atoms with Crippen LogP contribution in [0, 0.1) is 18.3 Å². The van der Waals surface area contributed by atoms with Crippen LogP contribution in [0.2, 0.25) is 0 Å². The summed E-state index contributed by atoms with van der Waals surface area (Å²) >= 11 is 0. The first-order valence-corrected chi connectivity index (χ1v) is 13.5. The summed E-state index contributed by atoms with van der Waals surface area (Å²) in [5.74, 6) is 2.12. The fourth-order valence-electron chi connectivity index (χ4n) is 5.43. The molecule has 0 fully saturated rings. The number of nitrogens with zero attached hydrogens (tertiary/aromatic N) is 4. The van der Waals surface area contributed by atoms with Gasteiger partial charge in [0.05, 0.1) is 6.17 Å². The third-order valence-corrected chi connectivity index (χ3v) is 7.55. The number of ether oxygens (including phenoxy) is 1. The van der Waals surface area contributed by atoms with Crippen molar-refractivity contribution in [2.75, 3.05) is 7.05 Å². The van der Waals surface area contributed by atoms with Gasteiger partial charge in [0, 0.05) is 44.3 Å². The number of allylic oxidation sites excluding steroid dienone is 2. The molecule has 41 heavy (non-hydrogen) atoms. The van der Waals surface area contributed by atoms with Crippen LogP contribution in [0.4, 0.5) is 0 Å². The molecule has 1 unspecified atom stereocenters. The summed E-state index contributed by atoms with van der Waals surface area (Å²) in [4.78, 5) is 9.03. The van der Waals surface area contributed by atoms with E-state index in [-0.39, 0.29) is 32.6 Å². The molecule has 2 aromatic heterocycles. The number of fused-ring (bicyclic) bond motifs is 4. The Bertz CT molecular complexity index is 1860. The SMILES string of the molecule is CN1C(c2[c-]c(Oc3[c-]c4c(cc3)c3ccccc3n4-c3cc(C(C)(C)C)ccn3)ccc2)=[C-]N2C=CC=CC21.[Pt]. The maximum Gasteiger partial charge on any atom is 0.135 e. The third kappa shape index (κ3) is 4.79. The van der Waals surface area contributed by atoms with Gasteiger partial charge in [-0.1, -0.05) is 56.8 Å². The number of para-hydroxylation sites is 1. The number of benzene rings is 3. The molecule has 5 aromatic rings. The molecule has 4 heterocycles. The molecule has 0 saturated heterocycles. The van der Waals surface area contributed by atoms with Gasteiger partial charge in [0.1, 0.15) is 5.82 Å². The van der Waals surface area contributed by atoms with Crippen LogP contribution in [0.3, 0.4) is 0 Å². The van der Waals surface area contributed by atoms with Gasteiger partial charge >= 0.3 is 0 Å². The second-order valence-corrected chi connectivity index (χ2v) is 11.2. The zero-order chi connectivity index (χ0) is 27.4. The molecule has 0 bridgehead atoms. The van der Waals surface area contributed by atoms with Gasteiger partial charge in [-0.25, -0.2) is 10.5 Å². The molecular formula is C35H29N4OPt-3. The first kappa shape index (κ1) is 27.1. The molecule has 7 rings (SSSR count). The Hall–Kier alpha value is -4.08. The van der Waals surface area contributed by atoms with Crippen molar-refractivity contribution >= 4 is 27.5 Å². The molecule has 0 aliphatic carbocycles. The Balaban J connectivity index is 0.00000302. The van der Waals surface area contributed by atoms with Crippen LogP contribution < -0.4 is 4.74 Å². The van der Waals surface area contributed by atoms with E-state index in [2.05, 4.69) is 115 Å². The average molecular weight is 717 g/mol. The zero-order valence-corrected chi connectivity index (χ0v) is 25.6. The molecule has 0 amide bonds. The topological polar surface area (TPSA) is 33.5 Å². The van der Waals surface area contributed by atoms with Crippen molar-refractivity contribution in [3.63, 3.8) is 0 Å². The van der Waals surface area contributed by atoms with Gasteiger partial charge in [-0.15, -0.1) is 41.6 Å².